The minimum Gasteiger partial charge on any atom is -0.325 e. The van der Waals surface area contributed by atoms with Crippen molar-refractivity contribution in [3.05, 3.63) is 30.1 Å². The van der Waals surface area contributed by atoms with E-state index in [0.29, 0.717) is 12.0 Å². The van der Waals surface area contributed by atoms with E-state index in [1.54, 1.807) is 0 Å². The molecule has 2 aliphatic heterocycles. The van der Waals surface area contributed by atoms with Crippen LogP contribution in [0.3, 0.4) is 0 Å². The second-order valence-electron chi connectivity index (χ2n) is 8.21. The molecular weight excluding hydrogens is 379 g/mol. The second-order valence-corrected chi connectivity index (χ2v) is 8.21. The molecule has 0 amide bonds. The maximum atomic E-state index is 5.07. The number of piperidine rings is 2. The lowest BCUT2D eigenvalue weighted by molar-refractivity contribution is 0.160. The third-order valence-electron chi connectivity index (χ3n) is 5.99. The summed E-state index contributed by atoms with van der Waals surface area (Å²) >= 11 is 0. The van der Waals surface area contributed by atoms with Gasteiger partial charge in [-0.05, 0) is 77.2 Å². The Morgan fingerprint density at radius 2 is 1.85 bits per heavy atom. The Morgan fingerprint density at radius 1 is 1.11 bits per heavy atom. The minimum absolute atomic E-state index is 0. The van der Waals surface area contributed by atoms with E-state index in [9.17, 15) is 0 Å². The third kappa shape index (κ3) is 4.97. The molecule has 0 radical (unpaired) electrons. The van der Waals surface area contributed by atoms with E-state index in [2.05, 4.69) is 52.9 Å². The van der Waals surface area contributed by atoms with E-state index in [1.807, 2.05) is 0 Å². The minimum atomic E-state index is 0. The number of nitrogens with one attached hydrogen (secondary N) is 1. The first kappa shape index (κ1) is 22.5. The molecule has 2 aliphatic rings. The summed E-state index contributed by atoms with van der Waals surface area (Å²) in [7, 11) is 0. The molecule has 0 saturated carbocycles. The van der Waals surface area contributed by atoms with Crippen molar-refractivity contribution in [1.82, 2.24) is 19.8 Å². The zero-order valence-corrected chi connectivity index (χ0v) is 18.2. The molecule has 0 spiro atoms. The summed E-state index contributed by atoms with van der Waals surface area (Å²) in [6, 6.07) is 9.09. The van der Waals surface area contributed by atoms with Gasteiger partial charge in [-0.1, -0.05) is 12.1 Å². The average molecular weight is 413 g/mol. The summed E-state index contributed by atoms with van der Waals surface area (Å²) in [4.78, 5) is 7.78. The van der Waals surface area contributed by atoms with Crippen molar-refractivity contribution in [2.75, 3.05) is 32.7 Å². The van der Waals surface area contributed by atoms with E-state index in [1.165, 1.54) is 69.7 Å². The summed E-state index contributed by atoms with van der Waals surface area (Å²) in [5.41, 5.74) is 2.45. The predicted molar refractivity (Wildman–Crippen MR) is 119 cm³/mol. The van der Waals surface area contributed by atoms with Crippen LogP contribution in [0.25, 0.3) is 11.0 Å². The van der Waals surface area contributed by atoms with Crippen molar-refractivity contribution in [3.63, 3.8) is 0 Å². The van der Waals surface area contributed by atoms with E-state index < -0.39 is 0 Å². The molecule has 0 bridgehead atoms. The lowest BCUT2D eigenvalue weighted by atomic mass is 9.93. The highest BCUT2D eigenvalue weighted by molar-refractivity contribution is 5.85. The van der Waals surface area contributed by atoms with Gasteiger partial charge >= 0.3 is 0 Å². The van der Waals surface area contributed by atoms with Crippen molar-refractivity contribution in [3.8, 4) is 0 Å². The van der Waals surface area contributed by atoms with Crippen LogP contribution >= 0.6 is 24.8 Å². The van der Waals surface area contributed by atoms with Gasteiger partial charge in [0, 0.05) is 25.0 Å². The van der Waals surface area contributed by atoms with Crippen LogP contribution in [0.1, 0.15) is 57.3 Å². The summed E-state index contributed by atoms with van der Waals surface area (Å²) in [6.45, 7) is 10.7. The molecule has 0 aliphatic carbocycles. The van der Waals surface area contributed by atoms with E-state index in [4.69, 9.17) is 4.98 Å². The van der Waals surface area contributed by atoms with Gasteiger partial charge in [-0.3, -0.25) is 0 Å². The van der Waals surface area contributed by atoms with E-state index in [0.717, 1.165) is 11.4 Å². The van der Waals surface area contributed by atoms with Crippen molar-refractivity contribution < 1.29 is 0 Å². The molecule has 2 fully saturated rings. The predicted octanol–water partition coefficient (Wildman–Crippen LogP) is 4.64. The first-order valence-corrected chi connectivity index (χ1v) is 10.1. The number of hydrogen-bond acceptors (Lipinski definition) is 3. The number of hydrogen-bond donors (Lipinski definition) is 1. The van der Waals surface area contributed by atoms with Gasteiger partial charge in [-0.25, -0.2) is 4.98 Å². The molecule has 27 heavy (non-hydrogen) atoms. The van der Waals surface area contributed by atoms with Gasteiger partial charge in [0.15, 0.2) is 0 Å². The maximum Gasteiger partial charge on any atom is 0.114 e. The van der Waals surface area contributed by atoms with E-state index in [-0.39, 0.29) is 24.8 Å². The molecule has 4 nitrogen and oxygen atoms in total. The molecule has 1 atom stereocenters. The molecule has 1 unspecified atom stereocenters. The number of rotatable bonds is 4. The van der Waals surface area contributed by atoms with Crippen LogP contribution in [0, 0.1) is 5.92 Å². The van der Waals surface area contributed by atoms with Gasteiger partial charge in [0.05, 0.1) is 11.0 Å². The molecule has 1 aromatic heterocycles. The molecule has 2 saturated heterocycles. The summed E-state index contributed by atoms with van der Waals surface area (Å²) in [6.07, 6.45) is 5.26. The number of fused-ring (bicyclic) bond motifs is 1. The van der Waals surface area contributed by atoms with Crippen LogP contribution in [0.5, 0.6) is 0 Å². The molecule has 1 N–H and O–H groups in total. The highest BCUT2D eigenvalue weighted by Crippen LogP contribution is 2.32. The van der Waals surface area contributed by atoms with Gasteiger partial charge in [-0.2, -0.15) is 0 Å². The van der Waals surface area contributed by atoms with Crippen molar-refractivity contribution in [1.29, 1.82) is 0 Å². The largest absolute Gasteiger partial charge is 0.325 e. The highest BCUT2D eigenvalue weighted by Gasteiger charge is 2.28. The molecule has 152 valence electrons. The van der Waals surface area contributed by atoms with Crippen LogP contribution in [0.2, 0.25) is 0 Å². The zero-order chi connectivity index (χ0) is 17.2. The van der Waals surface area contributed by atoms with Gasteiger partial charge in [0.2, 0.25) is 0 Å². The Balaban J connectivity index is 0.00000131. The first-order valence-electron chi connectivity index (χ1n) is 10.1. The molecule has 1 aromatic carbocycles. The molecule has 3 heterocycles. The normalized spacial score (nSPS) is 21.8. The van der Waals surface area contributed by atoms with Gasteiger partial charge in [0.1, 0.15) is 5.82 Å². The summed E-state index contributed by atoms with van der Waals surface area (Å²) in [5, 5.41) is 3.49. The van der Waals surface area contributed by atoms with Crippen LogP contribution in [-0.4, -0.2) is 47.2 Å². The SMILES string of the molecule is CC(C)n1c(C2CCCN(CC3CCNCC3)C2)nc2ccccc21.Cl.Cl. The Morgan fingerprint density at radius 3 is 2.59 bits per heavy atom. The highest BCUT2D eigenvalue weighted by atomic mass is 35.5. The lowest BCUT2D eigenvalue weighted by Gasteiger charge is -2.36. The number of para-hydroxylation sites is 2. The van der Waals surface area contributed by atoms with Crippen LogP contribution in [0.15, 0.2) is 24.3 Å². The Hall–Kier alpha value is -0.810. The standard InChI is InChI=1S/C21H32N4.2ClH/c1-16(2)25-20-8-4-3-7-19(20)23-21(25)18-6-5-13-24(15-18)14-17-9-11-22-12-10-17;;/h3-4,7-8,16-18,22H,5-6,9-15H2,1-2H3;2*1H. The fourth-order valence-corrected chi connectivity index (χ4v) is 4.76. The number of benzene rings is 1. The van der Waals surface area contributed by atoms with E-state index >= 15 is 0 Å². The fourth-order valence-electron chi connectivity index (χ4n) is 4.76. The quantitative estimate of drug-likeness (QED) is 0.793. The number of aromatic nitrogens is 2. The third-order valence-corrected chi connectivity index (χ3v) is 5.99. The topological polar surface area (TPSA) is 33.1 Å². The summed E-state index contributed by atoms with van der Waals surface area (Å²) < 4.78 is 2.48. The smallest absolute Gasteiger partial charge is 0.114 e. The number of likely N-dealkylation sites (tertiary alicyclic amines) is 1. The average Bonchev–Trinajstić information content (AvgIpc) is 3.03. The Bertz CT molecular complexity index is 709. The number of nitrogens with zero attached hydrogens (tertiary/aromatic N) is 3. The van der Waals surface area contributed by atoms with Crippen molar-refractivity contribution >= 4 is 35.8 Å². The van der Waals surface area contributed by atoms with Crippen molar-refractivity contribution in [2.24, 2.45) is 5.92 Å². The van der Waals surface area contributed by atoms with Crippen LogP contribution in [-0.2, 0) is 0 Å². The summed E-state index contributed by atoms with van der Waals surface area (Å²) in [5.74, 6) is 2.76. The second kappa shape index (κ2) is 10.1. The zero-order valence-electron chi connectivity index (χ0n) is 16.6. The number of imidazole rings is 1. The Labute approximate surface area is 175 Å². The van der Waals surface area contributed by atoms with Gasteiger partial charge < -0.3 is 14.8 Å². The molecular formula is C21H34Cl2N4. The van der Waals surface area contributed by atoms with Crippen molar-refractivity contribution in [2.45, 2.75) is 51.5 Å². The molecule has 6 heteroatoms. The first-order chi connectivity index (χ1) is 12.2. The fraction of sp³-hybridized carbons (Fsp3) is 0.667. The van der Waals surface area contributed by atoms with Gasteiger partial charge in [-0.15, -0.1) is 24.8 Å². The number of halogens is 2. The Kier molecular flexibility index (Phi) is 8.41. The van der Waals surface area contributed by atoms with Gasteiger partial charge in [0.25, 0.3) is 0 Å². The molecule has 2 aromatic rings. The lowest BCUT2D eigenvalue weighted by Crippen LogP contribution is -2.41. The van der Waals surface area contributed by atoms with Crippen LogP contribution in [0.4, 0.5) is 0 Å². The monoisotopic (exact) mass is 412 g/mol. The maximum absolute atomic E-state index is 5.07. The van der Waals surface area contributed by atoms with Crippen LogP contribution < -0.4 is 5.32 Å². The molecule has 4 rings (SSSR count).